The number of ether oxygens (including phenoxy) is 3. The van der Waals surface area contributed by atoms with Crippen LogP contribution in [-0.4, -0.2) is 38.7 Å². The molecule has 1 aliphatic heterocycles. The number of hydrogen-bond donors (Lipinski definition) is 2. The van der Waals surface area contributed by atoms with Crippen molar-refractivity contribution in [2.75, 3.05) is 32.6 Å². The highest BCUT2D eigenvalue weighted by Crippen LogP contribution is 2.51. The molecular weight excluding hydrogens is 368 g/mol. The highest BCUT2D eigenvalue weighted by atomic mass is 16.5. The summed E-state index contributed by atoms with van der Waals surface area (Å²) in [4.78, 5) is 13.2. The fraction of sp³-hybridized carbons (Fsp3) is 0.435. The summed E-state index contributed by atoms with van der Waals surface area (Å²) in [6.07, 6.45) is 4.18. The Morgan fingerprint density at radius 2 is 1.93 bits per heavy atom. The van der Waals surface area contributed by atoms with Crippen LogP contribution in [0.4, 0.5) is 5.69 Å². The number of methoxy groups -OCH3 is 1. The van der Waals surface area contributed by atoms with E-state index in [2.05, 4.69) is 5.32 Å². The van der Waals surface area contributed by atoms with E-state index in [0.717, 1.165) is 24.9 Å². The van der Waals surface area contributed by atoms with Gasteiger partial charge in [0.1, 0.15) is 17.2 Å². The van der Waals surface area contributed by atoms with Crippen molar-refractivity contribution in [3.63, 3.8) is 0 Å². The predicted molar refractivity (Wildman–Crippen MR) is 113 cm³/mol. The Bertz CT molecular complexity index is 920. The van der Waals surface area contributed by atoms with Crippen molar-refractivity contribution >= 4 is 11.5 Å². The summed E-state index contributed by atoms with van der Waals surface area (Å²) in [7, 11) is 1.59. The predicted octanol–water partition coefficient (Wildman–Crippen LogP) is 3.80. The maximum Gasteiger partial charge on any atom is 0.196 e. The molecule has 0 amide bonds. The standard InChI is InChI=1S/C23H28N2O4/c1-3-11-28-18-13-17(27-2)20-19-15(23(26)21(20)22(18)24)7-4-8-16(19)29-12-9-14-6-5-10-25-14/h4,7-8,13-14,25H,3,5-6,9-12,24H2,1-2H3. The van der Waals surface area contributed by atoms with E-state index in [1.165, 1.54) is 12.8 Å². The molecule has 3 N–H and O–H groups in total. The average Bonchev–Trinajstić information content (AvgIpc) is 3.35. The monoisotopic (exact) mass is 396 g/mol. The minimum Gasteiger partial charge on any atom is -0.496 e. The number of hydrogen-bond acceptors (Lipinski definition) is 6. The third-order valence-corrected chi connectivity index (χ3v) is 5.61. The summed E-state index contributed by atoms with van der Waals surface area (Å²) < 4.78 is 17.5. The molecule has 0 radical (unpaired) electrons. The summed E-state index contributed by atoms with van der Waals surface area (Å²) in [6.45, 7) is 4.21. The fourth-order valence-corrected chi connectivity index (χ4v) is 4.17. The molecule has 6 heteroatoms. The lowest BCUT2D eigenvalue weighted by Gasteiger charge is -2.17. The first-order valence-electron chi connectivity index (χ1n) is 10.3. The minimum atomic E-state index is -0.115. The number of carbonyl (C=O) groups excluding carboxylic acids is 1. The average molecular weight is 396 g/mol. The van der Waals surface area contributed by atoms with Crippen LogP contribution in [0.2, 0.25) is 0 Å². The molecule has 2 aromatic rings. The maximum absolute atomic E-state index is 13.2. The molecule has 1 saturated heterocycles. The number of nitrogens with two attached hydrogens (primary N) is 1. The van der Waals surface area contributed by atoms with E-state index in [1.807, 2.05) is 25.1 Å². The Kier molecular flexibility index (Phi) is 5.62. The SMILES string of the molecule is CCCOc1cc(OC)c2c(c1N)C(=O)c1cccc(OCCC3CCCN3)c1-2. The molecule has 1 aliphatic carbocycles. The van der Waals surface area contributed by atoms with E-state index in [-0.39, 0.29) is 5.78 Å². The van der Waals surface area contributed by atoms with E-state index in [0.29, 0.717) is 58.9 Å². The molecule has 2 aromatic carbocycles. The highest BCUT2D eigenvalue weighted by Gasteiger charge is 2.36. The largest absolute Gasteiger partial charge is 0.496 e. The lowest BCUT2D eigenvalue weighted by Crippen LogP contribution is -2.23. The molecule has 0 saturated carbocycles. The molecule has 0 bridgehead atoms. The van der Waals surface area contributed by atoms with Crippen molar-refractivity contribution in [2.24, 2.45) is 0 Å². The van der Waals surface area contributed by atoms with Gasteiger partial charge in [-0.1, -0.05) is 19.1 Å². The van der Waals surface area contributed by atoms with Gasteiger partial charge in [0.2, 0.25) is 0 Å². The first-order chi connectivity index (χ1) is 14.2. The molecule has 0 aromatic heterocycles. The van der Waals surface area contributed by atoms with Gasteiger partial charge >= 0.3 is 0 Å². The summed E-state index contributed by atoms with van der Waals surface area (Å²) >= 11 is 0. The van der Waals surface area contributed by atoms with Gasteiger partial charge in [-0.25, -0.2) is 0 Å². The molecule has 1 atom stereocenters. The number of fused-ring (bicyclic) bond motifs is 3. The van der Waals surface area contributed by atoms with Crippen molar-refractivity contribution in [1.82, 2.24) is 5.32 Å². The summed E-state index contributed by atoms with van der Waals surface area (Å²) in [5.74, 6) is 1.63. The topological polar surface area (TPSA) is 82.8 Å². The van der Waals surface area contributed by atoms with E-state index in [1.54, 1.807) is 13.2 Å². The van der Waals surface area contributed by atoms with Crippen LogP contribution in [0, 0.1) is 0 Å². The van der Waals surface area contributed by atoms with Crippen LogP contribution in [0.25, 0.3) is 11.1 Å². The van der Waals surface area contributed by atoms with Gasteiger partial charge < -0.3 is 25.3 Å². The zero-order valence-electron chi connectivity index (χ0n) is 17.0. The van der Waals surface area contributed by atoms with Gasteiger partial charge in [0.15, 0.2) is 5.78 Å². The Labute approximate surface area is 171 Å². The summed E-state index contributed by atoms with van der Waals surface area (Å²) in [5, 5.41) is 3.48. The molecule has 1 unspecified atom stereocenters. The smallest absolute Gasteiger partial charge is 0.196 e. The summed E-state index contributed by atoms with van der Waals surface area (Å²) in [5.41, 5.74) is 9.20. The van der Waals surface area contributed by atoms with Gasteiger partial charge in [0.25, 0.3) is 0 Å². The van der Waals surface area contributed by atoms with Gasteiger partial charge in [0.05, 0.1) is 31.6 Å². The molecule has 4 rings (SSSR count). The second-order valence-electron chi connectivity index (χ2n) is 7.53. The number of nitrogens with one attached hydrogen (secondary N) is 1. The quantitative estimate of drug-likeness (QED) is 0.564. The lowest BCUT2D eigenvalue weighted by molar-refractivity contribution is 0.104. The van der Waals surface area contributed by atoms with E-state index in [4.69, 9.17) is 19.9 Å². The van der Waals surface area contributed by atoms with Crippen LogP contribution in [0.3, 0.4) is 0 Å². The number of anilines is 1. The zero-order chi connectivity index (χ0) is 20.4. The van der Waals surface area contributed by atoms with E-state index < -0.39 is 0 Å². The molecule has 1 heterocycles. The van der Waals surface area contributed by atoms with Crippen molar-refractivity contribution in [2.45, 2.75) is 38.6 Å². The van der Waals surface area contributed by atoms with Gasteiger partial charge in [0, 0.05) is 28.8 Å². The molecule has 2 aliphatic rings. The van der Waals surface area contributed by atoms with Crippen LogP contribution in [0.5, 0.6) is 17.2 Å². The van der Waals surface area contributed by atoms with Crippen molar-refractivity contribution in [3.05, 3.63) is 35.4 Å². The second-order valence-corrected chi connectivity index (χ2v) is 7.53. The van der Waals surface area contributed by atoms with Crippen molar-refractivity contribution in [3.8, 4) is 28.4 Å². The first-order valence-corrected chi connectivity index (χ1v) is 10.3. The van der Waals surface area contributed by atoms with Gasteiger partial charge in [-0.3, -0.25) is 4.79 Å². The third kappa shape index (κ3) is 3.53. The normalized spacial score (nSPS) is 17.2. The van der Waals surface area contributed by atoms with Crippen LogP contribution >= 0.6 is 0 Å². The molecule has 154 valence electrons. The van der Waals surface area contributed by atoms with Gasteiger partial charge in [-0.2, -0.15) is 0 Å². The Morgan fingerprint density at radius 1 is 1.10 bits per heavy atom. The third-order valence-electron chi connectivity index (χ3n) is 5.61. The van der Waals surface area contributed by atoms with Crippen LogP contribution in [0.15, 0.2) is 24.3 Å². The van der Waals surface area contributed by atoms with E-state index in [9.17, 15) is 4.79 Å². The van der Waals surface area contributed by atoms with Gasteiger partial charge in [-0.15, -0.1) is 0 Å². The molecular formula is C23H28N2O4. The minimum absolute atomic E-state index is 0.115. The molecule has 29 heavy (non-hydrogen) atoms. The molecule has 0 spiro atoms. The molecule has 6 nitrogen and oxygen atoms in total. The van der Waals surface area contributed by atoms with E-state index >= 15 is 0 Å². The summed E-state index contributed by atoms with van der Waals surface area (Å²) in [6, 6.07) is 7.84. The van der Waals surface area contributed by atoms with Crippen LogP contribution in [0.1, 0.15) is 48.5 Å². The zero-order valence-corrected chi connectivity index (χ0v) is 17.0. The van der Waals surface area contributed by atoms with Crippen molar-refractivity contribution < 1.29 is 19.0 Å². The molecule has 1 fully saturated rings. The van der Waals surface area contributed by atoms with Crippen LogP contribution < -0.4 is 25.3 Å². The maximum atomic E-state index is 13.2. The Morgan fingerprint density at radius 3 is 2.66 bits per heavy atom. The first kappa shape index (κ1) is 19.6. The lowest BCUT2D eigenvalue weighted by atomic mass is 10.0. The number of carbonyl (C=O) groups is 1. The van der Waals surface area contributed by atoms with Gasteiger partial charge in [-0.05, 0) is 38.3 Å². The van der Waals surface area contributed by atoms with Crippen LogP contribution in [-0.2, 0) is 0 Å². The Hall–Kier alpha value is -2.73. The second kappa shape index (κ2) is 8.33. The van der Waals surface area contributed by atoms with Crippen molar-refractivity contribution in [1.29, 1.82) is 0 Å². The number of ketones is 1. The number of benzene rings is 2. The fourth-order valence-electron chi connectivity index (χ4n) is 4.17. The number of rotatable bonds is 8. The highest BCUT2D eigenvalue weighted by molar-refractivity contribution is 6.26. The Balaban J connectivity index is 1.70. The number of nitrogen functional groups attached to an aromatic ring is 1.